The van der Waals surface area contributed by atoms with Gasteiger partial charge in [-0.1, -0.05) is 63.4 Å². The summed E-state index contributed by atoms with van der Waals surface area (Å²) in [6.07, 6.45) is 1.47. The van der Waals surface area contributed by atoms with Gasteiger partial charge in [-0.3, -0.25) is 9.10 Å². The number of carbonyl (C=O) groups excluding carboxylic acids is 1. The molecule has 9 heteroatoms. The topological polar surface area (TPSA) is 78.8 Å². The number of sulfonamides is 1. The number of benzene rings is 3. The van der Waals surface area contributed by atoms with Gasteiger partial charge in [-0.05, 0) is 55.0 Å². The highest BCUT2D eigenvalue weighted by atomic mass is 79.9. The molecule has 3 aromatic rings. The molecule has 1 amide bonds. The molecular weight excluding hydrogens is 502 g/mol. The first-order chi connectivity index (χ1) is 14.8. The first kappa shape index (κ1) is 23.0. The number of anilines is 1. The van der Waals surface area contributed by atoms with Crippen LogP contribution in [0.25, 0.3) is 0 Å². The quantitative estimate of drug-likeness (QED) is 0.360. The minimum Gasteiger partial charge on any atom is -0.271 e. The Morgan fingerprint density at radius 1 is 1.10 bits per heavy atom. The Balaban J connectivity index is 1.84. The van der Waals surface area contributed by atoms with E-state index in [-0.39, 0.29) is 10.6 Å². The van der Waals surface area contributed by atoms with Crippen molar-refractivity contribution in [2.24, 2.45) is 5.10 Å². The minimum atomic E-state index is -4.01. The molecule has 3 rings (SSSR count). The zero-order valence-electron chi connectivity index (χ0n) is 16.5. The summed E-state index contributed by atoms with van der Waals surface area (Å²) in [5, 5.41) is 4.28. The predicted molar refractivity (Wildman–Crippen MR) is 127 cm³/mol. The van der Waals surface area contributed by atoms with Crippen molar-refractivity contribution < 1.29 is 13.2 Å². The Morgan fingerprint density at radius 3 is 2.48 bits per heavy atom. The number of hydrogen-bond donors (Lipinski definition) is 1. The summed E-state index contributed by atoms with van der Waals surface area (Å²) < 4.78 is 28.4. The molecule has 6 nitrogen and oxygen atoms in total. The van der Waals surface area contributed by atoms with Crippen LogP contribution in [-0.4, -0.2) is 27.1 Å². The standard InChI is InChI=1S/C22H19BrClN3O3S/c1-16-8-10-21(11-9-16)31(29,30)27(20-7-3-6-19(24)13-20)15-22(28)26-25-14-17-4-2-5-18(23)12-17/h2-14H,15H2,1H3,(H,26,28)/b25-14-. The van der Waals surface area contributed by atoms with Gasteiger partial charge in [0.15, 0.2) is 0 Å². The summed E-state index contributed by atoms with van der Waals surface area (Å²) in [4.78, 5) is 12.6. The van der Waals surface area contributed by atoms with E-state index in [0.717, 1.165) is 19.9 Å². The summed E-state index contributed by atoms with van der Waals surface area (Å²) in [6, 6.07) is 20.1. The molecule has 0 fully saturated rings. The van der Waals surface area contributed by atoms with Crippen LogP contribution >= 0.6 is 27.5 Å². The number of hydrazone groups is 1. The van der Waals surface area contributed by atoms with Gasteiger partial charge in [0, 0.05) is 9.50 Å². The molecule has 31 heavy (non-hydrogen) atoms. The van der Waals surface area contributed by atoms with Gasteiger partial charge in [-0.25, -0.2) is 13.8 Å². The zero-order chi connectivity index (χ0) is 22.4. The van der Waals surface area contributed by atoms with Crippen LogP contribution in [0.5, 0.6) is 0 Å². The number of halogens is 2. The highest BCUT2D eigenvalue weighted by Crippen LogP contribution is 2.26. The average Bonchev–Trinajstić information content (AvgIpc) is 2.72. The molecule has 0 aromatic heterocycles. The molecule has 1 N–H and O–H groups in total. The van der Waals surface area contributed by atoms with E-state index in [1.54, 1.807) is 30.3 Å². The van der Waals surface area contributed by atoms with Gasteiger partial charge in [-0.15, -0.1) is 0 Å². The van der Waals surface area contributed by atoms with Crippen LogP contribution in [0.2, 0.25) is 5.02 Å². The van der Waals surface area contributed by atoms with E-state index in [1.807, 2.05) is 31.2 Å². The van der Waals surface area contributed by atoms with Gasteiger partial charge < -0.3 is 0 Å². The Hall–Kier alpha value is -2.68. The van der Waals surface area contributed by atoms with Crippen LogP contribution in [-0.2, 0) is 14.8 Å². The average molecular weight is 521 g/mol. The number of hydrogen-bond acceptors (Lipinski definition) is 4. The molecular formula is C22H19BrClN3O3S. The van der Waals surface area contributed by atoms with Gasteiger partial charge in [0.05, 0.1) is 16.8 Å². The normalized spacial score (nSPS) is 11.5. The molecule has 0 aliphatic carbocycles. The van der Waals surface area contributed by atoms with E-state index in [0.29, 0.717) is 5.02 Å². The number of aryl methyl sites for hydroxylation is 1. The second kappa shape index (κ2) is 10.1. The lowest BCUT2D eigenvalue weighted by Gasteiger charge is -2.24. The molecule has 160 valence electrons. The Labute approximate surface area is 194 Å². The fraction of sp³-hybridized carbons (Fsp3) is 0.0909. The zero-order valence-corrected chi connectivity index (χ0v) is 19.7. The summed E-state index contributed by atoms with van der Waals surface area (Å²) in [5.41, 5.74) is 4.35. The molecule has 0 unspecified atom stereocenters. The van der Waals surface area contributed by atoms with Crippen molar-refractivity contribution in [1.29, 1.82) is 0 Å². The fourth-order valence-corrected chi connectivity index (χ4v) is 4.73. The van der Waals surface area contributed by atoms with Gasteiger partial charge in [0.2, 0.25) is 0 Å². The van der Waals surface area contributed by atoms with Crippen molar-refractivity contribution in [3.8, 4) is 0 Å². The van der Waals surface area contributed by atoms with Crippen molar-refractivity contribution in [2.45, 2.75) is 11.8 Å². The van der Waals surface area contributed by atoms with Crippen molar-refractivity contribution in [2.75, 3.05) is 10.8 Å². The summed E-state index contributed by atoms with van der Waals surface area (Å²) >= 11 is 9.42. The van der Waals surface area contributed by atoms with Gasteiger partial charge in [0.1, 0.15) is 6.54 Å². The lowest BCUT2D eigenvalue weighted by molar-refractivity contribution is -0.119. The van der Waals surface area contributed by atoms with Crippen LogP contribution in [0.1, 0.15) is 11.1 Å². The van der Waals surface area contributed by atoms with Crippen LogP contribution in [0.15, 0.2) is 87.3 Å². The Bertz CT molecular complexity index is 1210. The van der Waals surface area contributed by atoms with E-state index in [9.17, 15) is 13.2 Å². The lowest BCUT2D eigenvalue weighted by atomic mass is 10.2. The molecule has 0 aliphatic heterocycles. The highest BCUT2D eigenvalue weighted by Gasteiger charge is 2.27. The second-order valence-corrected chi connectivity index (χ2v) is 9.87. The smallest absolute Gasteiger partial charge is 0.264 e. The Morgan fingerprint density at radius 2 is 1.81 bits per heavy atom. The summed E-state index contributed by atoms with van der Waals surface area (Å²) in [5.74, 6) is -0.595. The van der Waals surface area contributed by atoms with Gasteiger partial charge >= 0.3 is 0 Å². The molecule has 0 radical (unpaired) electrons. The van der Waals surface area contributed by atoms with Crippen molar-refractivity contribution >= 4 is 55.4 Å². The van der Waals surface area contributed by atoms with Gasteiger partial charge in [-0.2, -0.15) is 5.10 Å². The first-order valence-electron chi connectivity index (χ1n) is 9.18. The van der Waals surface area contributed by atoms with E-state index in [4.69, 9.17) is 11.6 Å². The highest BCUT2D eigenvalue weighted by molar-refractivity contribution is 9.10. The third kappa shape index (κ3) is 6.16. The van der Waals surface area contributed by atoms with Crippen molar-refractivity contribution in [1.82, 2.24) is 5.43 Å². The Kier molecular flexibility index (Phi) is 7.48. The molecule has 0 saturated heterocycles. The molecule has 0 spiro atoms. The molecule has 0 bridgehead atoms. The van der Waals surface area contributed by atoms with Crippen LogP contribution in [0.3, 0.4) is 0 Å². The third-order valence-electron chi connectivity index (χ3n) is 4.24. The molecule has 0 atom stereocenters. The van der Waals surface area contributed by atoms with E-state index in [1.165, 1.54) is 24.4 Å². The second-order valence-electron chi connectivity index (χ2n) is 6.65. The van der Waals surface area contributed by atoms with Crippen LogP contribution in [0.4, 0.5) is 5.69 Å². The third-order valence-corrected chi connectivity index (χ3v) is 6.76. The monoisotopic (exact) mass is 519 g/mol. The maximum Gasteiger partial charge on any atom is 0.264 e. The predicted octanol–water partition coefficient (Wildman–Crippen LogP) is 4.76. The minimum absolute atomic E-state index is 0.0727. The number of nitrogens with one attached hydrogen (secondary N) is 1. The SMILES string of the molecule is Cc1ccc(S(=O)(=O)N(CC(=O)N/N=C\c2cccc(Br)c2)c2cccc(Cl)c2)cc1. The van der Waals surface area contributed by atoms with Crippen LogP contribution < -0.4 is 9.73 Å². The fourth-order valence-electron chi connectivity index (χ4n) is 2.72. The summed E-state index contributed by atoms with van der Waals surface area (Å²) in [7, 11) is -4.01. The van der Waals surface area contributed by atoms with Crippen molar-refractivity contribution in [3.05, 3.63) is 93.4 Å². The number of amides is 1. The van der Waals surface area contributed by atoms with E-state index in [2.05, 4.69) is 26.5 Å². The van der Waals surface area contributed by atoms with Crippen molar-refractivity contribution in [3.63, 3.8) is 0 Å². The number of nitrogens with zero attached hydrogens (tertiary/aromatic N) is 2. The van der Waals surface area contributed by atoms with E-state index < -0.39 is 22.5 Å². The molecule has 0 aliphatic rings. The maximum absolute atomic E-state index is 13.3. The number of rotatable bonds is 7. The number of carbonyl (C=O) groups is 1. The maximum atomic E-state index is 13.3. The molecule has 0 saturated carbocycles. The first-order valence-corrected chi connectivity index (χ1v) is 11.8. The largest absolute Gasteiger partial charge is 0.271 e. The van der Waals surface area contributed by atoms with Crippen LogP contribution in [0, 0.1) is 6.92 Å². The summed E-state index contributed by atoms with van der Waals surface area (Å²) in [6.45, 7) is 1.40. The molecule has 0 heterocycles. The lowest BCUT2D eigenvalue weighted by Crippen LogP contribution is -2.39. The van der Waals surface area contributed by atoms with Gasteiger partial charge in [0.25, 0.3) is 15.9 Å². The molecule has 3 aromatic carbocycles. The van der Waals surface area contributed by atoms with E-state index >= 15 is 0 Å².